The summed E-state index contributed by atoms with van der Waals surface area (Å²) in [5.41, 5.74) is 1.05. The van der Waals surface area contributed by atoms with Crippen LogP contribution in [0.15, 0.2) is 30.9 Å². The quantitative estimate of drug-likeness (QED) is 0.791. The predicted octanol–water partition coefficient (Wildman–Crippen LogP) is 1.39. The molecule has 1 fully saturated rings. The van der Waals surface area contributed by atoms with Gasteiger partial charge in [0.1, 0.15) is 6.61 Å². The lowest BCUT2D eigenvalue weighted by atomic mass is 10.1. The van der Waals surface area contributed by atoms with Crippen molar-refractivity contribution in [3.05, 3.63) is 36.4 Å². The van der Waals surface area contributed by atoms with Crippen molar-refractivity contribution in [2.75, 3.05) is 13.2 Å². The maximum absolute atomic E-state index is 12.0. The smallest absolute Gasteiger partial charge is 0.339 e. The van der Waals surface area contributed by atoms with Crippen LogP contribution in [0.25, 0.3) is 5.69 Å². The zero-order valence-electron chi connectivity index (χ0n) is 11.5. The Kier molecular flexibility index (Phi) is 4.20. The molecule has 0 spiro atoms. The van der Waals surface area contributed by atoms with E-state index in [1.54, 1.807) is 24.7 Å². The highest BCUT2D eigenvalue weighted by Gasteiger charge is 2.17. The first-order chi connectivity index (χ1) is 10.3. The maximum Gasteiger partial charge on any atom is 0.339 e. The molecule has 110 valence electrons. The number of rotatable bonds is 4. The summed E-state index contributed by atoms with van der Waals surface area (Å²) in [4.78, 5) is 16.1. The Morgan fingerprint density at radius 3 is 3.14 bits per heavy atom. The first-order valence-corrected chi connectivity index (χ1v) is 6.93. The Balaban J connectivity index is 1.63. The second-order valence-electron chi connectivity index (χ2n) is 4.87. The van der Waals surface area contributed by atoms with Crippen molar-refractivity contribution in [3.8, 4) is 5.69 Å². The number of ether oxygens (including phenoxy) is 2. The molecule has 1 saturated heterocycles. The predicted molar refractivity (Wildman–Crippen MR) is 73.0 cm³/mol. The minimum absolute atomic E-state index is 0.00848. The molecule has 0 N–H and O–H groups in total. The van der Waals surface area contributed by atoms with Crippen molar-refractivity contribution < 1.29 is 14.3 Å². The average Bonchev–Trinajstić information content (AvgIpc) is 3.08. The summed E-state index contributed by atoms with van der Waals surface area (Å²) < 4.78 is 12.4. The van der Waals surface area contributed by atoms with E-state index in [2.05, 4.69) is 15.3 Å². The van der Waals surface area contributed by atoms with Crippen LogP contribution < -0.4 is 0 Å². The molecule has 2 aromatic heterocycles. The molecule has 0 saturated carbocycles. The molecule has 0 radical (unpaired) electrons. The second-order valence-corrected chi connectivity index (χ2v) is 4.87. The zero-order chi connectivity index (χ0) is 14.5. The highest BCUT2D eigenvalue weighted by atomic mass is 16.6. The summed E-state index contributed by atoms with van der Waals surface area (Å²) in [5.74, 6) is -0.404. The van der Waals surface area contributed by atoms with Crippen LogP contribution >= 0.6 is 0 Å². The summed E-state index contributed by atoms with van der Waals surface area (Å²) in [6.45, 7) is 1.03. The zero-order valence-corrected chi connectivity index (χ0v) is 11.5. The Morgan fingerprint density at radius 2 is 2.38 bits per heavy atom. The van der Waals surface area contributed by atoms with Gasteiger partial charge in [-0.1, -0.05) is 5.21 Å². The van der Waals surface area contributed by atoms with Crippen LogP contribution in [0.4, 0.5) is 0 Å². The molecular formula is C14H16N4O3. The van der Waals surface area contributed by atoms with Gasteiger partial charge in [0.05, 0.1) is 35.9 Å². The molecular weight excluding hydrogens is 272 g/mol. The molecule has 1 atom stereocenters. The molecule has 7 heteroatoms. The highest BCUT2D eigenvalue weighted by Crippen LogP contribution is 2.14. The Bertz CT molecular complexity index is 594. The van der Waals surface area contributed by atoms with Gasteiger partial charge in [0.2, 0.25) is 0 Å². The topological polar surface area (TPSA) is 79.1 Å². The third-order valence-corrected chi connectivity index (χ3v) is 3.32. The minimum atomic E-state index is -0.404. The van der Waals surface area contributed by atoms with Crippen molar-refractivity contribution >= 4 is 5.97 Å². The van der Waals surface area contributed by atoms with Crippen LogP contribution in [0.5, 0.6) is 0 Å². The fourth-order valence-corrected chi connectivity index (χ4v) is 2.20. The van der Waals surface area contributed by atoms with E-state index in [4.69, 9.17) is 9.47 Å². The summed E-state index contributed by atoms with van der Waals surface area (Å²) in [7, 11) is 0. The molecule has 0 aromatic carbocycles. The lowest BCUT2D eigenvalue weighted by Gasteiger charge is -2.22. The van der Waals surface area contributed by atoms with E-state index in [1.165, 1.54) is 10.9 Å². The molecule has 1 aliphatic heterocycles. The van der Waals surface area contributed by atoms with Crippen LogP contribution in [0.1, 0.15) is 29.6 Å². The van der Waals surface area contributed by atoms with Gasteiger partial charge in [0.25, 0.3) is 0 Å². The molecule has 3 rings (SSSR count). The molecule has 1 aliphatic rings. The van der Waals surface area contributed by atoms with Gasteiger partial charge in [-0.3, -0.25) is 4.98 Å². The maximum atomic E-state index is 12.0. The average molecular weight is 288 g/mol. The molecule has 2 aromatic rings. The first-order valence-electron chi connectivity index (χ1n) is 6.93. The van der Waals surface area contributed by atoms with E-state index in [-0.39, 0.29) is 12.7 Å². The number of carbonyl (C=O) groups excluding carboxylic acids is 1. The molecule has 0 unspecified atom stereocenters. The number of hydrogen-bond donors (Lipinski definition) is 0. The van der Waals surface area contributed by atoms with E-state index < -0.39 is 5.97 Å². The summed E-state index contributed by atoms with van der Waals surface area (Å²) in [5, 5.41) is 7.58. The van der Waals surface area contributed by atoms with Gasteiger partial charge in [-0.15, -0.1) is 5.10 Å². The summed E-state index contributed by atoms with van der Waals surface area (Å²) in [6, 6.07) is 1.67. The molecule has 7 nitrogen and oxygen atoms in total. The molecule has 0 amide bonds. The van der Waals surface area contributed by atoms with Crippen molar-refractivity contribution in [1.82, 2.24) is 20.0 Å². The van der Waals surface area contributed by atoms with Crippen LogP contribution in [0, 0.1) is 0 Å². The number of nitrogens with zero attached hydrogens (tertiary/aromatic N) is 4. The largest absolute Gasteiger partial charge is 0.459 e. The Hall–Kier alpha value is -2.28. The number of esters is 1. The van der Waals surface area contributed by atoms with Gasteiger partial charge in [0.15, 0.2) is 0 Å². The molecule has 3 heterocycles. The normalized spacial score (nSPS) is 18.4. The van der Waals surface area contributed by atoms with E-state index in [1.807, 2.05) is 0 Å². The third-order valence-electron chi connectivity index (χ3n) is 3.32. The van der Waals surface area contributed by atoms with Crippen molar-refractivity contribution in [2.45, 2.75) is 25.4 Å². The van der Waals surface area contributed by atoms with E-state index in [0.717, 1.165) is 25.9 Å². The van der Waals surface area contributed by atoms with Crippen LogP contribution in [0.2, 0.25) is 0 Å². The van der Waals surface area contributed by atoms with Crippen molar-refractivity contribution in [3.63, 3.8) is 0 Å². The van der Waals surface area contributed by atoms with Gasteiger partial charge >= 0.3 is 5.97 Å². The second kappa shape index (κ2) is 6.45. The van der Waals surface area contributed by atoms with Crippen molar-refractivity contribution in [1.29, 1.82) is 0 Å². The van der Waals surface area contributed by atoms with Gasteiger partial charge in [0, 0.05) is 12.8 Å². The van der Waals surface area contributed by atoms with E-state index in [9.17, 15) is 4.79 Å². The lowest BCUT2D eigenvalue weighted by molar-refractivity contribution is -0.0300. The number of carbonyl (C=O) groups is 1. The van der Waals surface area contributed by atoms with Gasteiger partial charge in [-0.05, 0) is 25.3 Å². The van der Waals surface area contributed by atoms with Gasteiger partial charge in [-0.25, -0.2) is 9.48 Å². The minimum Gasteiger partial charge on any atom is -0.459 e. The van der Waals surface area contributed by atoms with E-state index >= 15 is 0 Å². The third kappa shape index (κ3) is 3.43. The SMILES string of the molecule is O=C(OC[C@@H]1CCCCO1)c1cncc(-n2ccnn2)c1. The number of hydrogen-bond acceptors (Lipinski definition) is 6. The fraction of sp³-hybridized carbons (Fsp3) is 0.429. The van der Waals surface area contributed by atoms with Crippen LogP contribution in [-0.2, 0) is 9.47 Å². The standard InChI is InChI=1S/C14H16N4O3/c19-14(21-10-13-3-1-2-6-20-13)11-7-12(9-15-8-11)18-5-4-16-17-18/h4-5,7-9,13H,1-3,6,10H2/t13-/m0/s1. The lowest BCUT2D eigenvalue weighted by Crippen LogP contribution is -2.26. The summed E-state index contributed by atoms with van der Waals surface area (Å²) in [6.07, 6.45) is 9.46. The van der Waals surface area contributed by atoms with E-state index in [0.29, 0.717) is 11.3 Å². The Labute approximate surface area is 121 Å². The van der Waals surface area contributed by atoms with Crippen molar-refractivity contribution in [2.24, 2.45) is 0 Å². The van der Waals surface area contributed by atoms with Gasteiger partial charge in [-0.2, -0.15) is 0 Å². The molecule has 21 heavy (non-hydrogen) atoms. The van der Waals surface area contributed by atoms with Crippen LogP contribution in [0.3, 0.4) is 0 Å². The molecule has 0 bridgehead atoms. The Morgan fingerprint density at radius 1 is 1.43 bits per heavy atom. The van der Waals surface area contributed by atoms with Gasteiger partial charge < -0.3 is 9.47 Å². The number of pyridine rings is 1. The fourth-order valence-electron chi connectivity index (χ4n) is 2.20. The number of aromatic nitrogens is 4. The van der Waals surface area contributed by atoms with Crippen LogP contribution in [-0.4, -0.2) is 45.3 Å². The highest BCUT2D eigenvalue weighted by molar-refractivity contribution is 5.89. The molecule has 0 aliphatic carbocycles. The summed E-state index contributed by atoms with van der Waals surface area (Å²) >= 11 is 0. The monoisotopic (exact) mass is 288 g/mol. The first kappa shape index (κ1) is 13.7.